The molecule has 0 atom stereocenters. The minimum atomic E-state index is -0.592. The highest BCUT2D eigenvalue weighted by Gasteiger charge is 2.28. The van der Waals surface area contributed by atoms with Crippen molar-refractivity contribution in [1.29, 1.82) is 5.26 Å². The van der Waals surface area contributed by atoms with Crippen LogP contribution in [0.25, 0.3) is 17.2 Å². The minimum Gasteiger partial charge on any atom is -0.449 e. The molecule has 0 saturated heterocycles. The quantitative estimate of drug-likeness (QED) is 0.441. The molecule has 1 aliphatic carbocycles. The lowest BCUT2D eigenvalue weighted by atomic mass is 9.98. The van der Waals surface area contributed by atoms with Crippen LogP contribution in [0.3, 0.4) is 0 Å². The van der Waals surface area contributed by atoms with Crippen molar-refractivity contribution in [1.82, 2.24) is 5.32 Å². The number of amides is 1. The molecule has 0 bridgehead atoms. The molecule has 32 heavy (non-hydrogen) atoms. The van der Waals surface area contributed by atoms with Gasteiger partial charge < -0.3 is 10.1 Å². The molecular formula is C25H19N3O4. The molecule has 7 nitrogen and oxygen atoms in total. The summed E-state index contributed by atoms with van der Waals surface area (Å²) in [5.74, 6) is -0.0112. The van der Waals surface area contributed by atoms with E-state index in [-0.39, 0.29) is 30.3 Å². The maximum absolute atomic E-state index is 12.2. The van der Waals surface area contributed by atoms with Crippen molar-refractivity contribution >= 4 is 17.9 Å². The van der Waals surface area contributed by atoms with E-state index in [2.05, 4.69) is 29.6 Å². The van der Waals surface area contributed by atoms with Crippen molar-refractivity contribution in [2.24, 2.45) is 0 Å². The lowest BCUT2D eigenvalue weighted by molar-refractivity contribution is -0.385. The summed E-state index contributed by atoms with van der Waals surface area (Å²) in [5.41, 5.74) is 4.92. The Labute approximate surface area is 184 Å². The van der Waals surface area contributed by atoms with Crippen molar-refractivity contribution < 1.29 is 14.5 Å². The molecule has 3 aromatic carbocycles. The van der Waals surface area contributed by atoms with E-state index in [1.807, 2.05) is 24.3 Å². The standard InChI is InChI=1S/C25H19N3O4/c26-15-18-12-11-17(14-24(18)28(30)31)6-5-13-27-25(29)32-16-23-21-9-3-1-7-19(21)20-8-2-4-10-22(20)23/h1-12,14,23H,13,16H2,(H,27,29). The molecule has 0 fully saturated rings. The number of benzene rings is 3. The number of rotatable bonds is 6. The molecule has 1 N–H and O–H groups in total. The highest BCUT2D eigenvalue weighted by atomic mass is 16.6. The maximum Gasteiger partial charge on any atom is 0.407 e. The molecule has 0 radical (unpaired) electrons. The largest absolute Gasteiger partial charge is 0.449 e. The summed E-state index contributed by atoms with van der Waals surface area (Å²) in [4.78, 5) is 22.6. The van der Waals surface area contributed by atoms with Gasteiger partial charge in [-0.25, -0.2) is 4.79 Å². The summed E-state index contributed by atoms with van der Waals surface area (Å²) in [5, 5.41) is 22.6. The van der Waals surface area contributed by atoms with E-state index >= 15 is 0 Å². The molecule has 0 heterocycles. The second kappa shape index (κ2) is 9.14. The Bertz CT molecular complexity index is 1210. The number of carbonyl (C=O) groups is 1. The SMILES string of the molecule is N#Cc1ccc(C=CCNC(=O)OCC2c3ccccc3-c3ccccc32)cc1[N+](=O)[O-]. The summed E-state index contributed by atoms with van der Waals surface area (Å²) in [6, 6.07) is 22.4. The van der Waals surface area contributed by atoms with Crippen LogP contribution in [0, 0.1) is 21.4 Å². The van der Waals surface area contributed by atoms with E-state index in [1.54, 1.807) is 24.3 Å². The van der Waals surface area contributed by atoms with E-state index in [4.69, 9.17) is 10.00 Å². The van der Waals surface area contributed by atoms with Crippen molar-refractivity contribution in [3.05, 3.63) is 105 Å². The summed E-state index contributed by atoms with van der Waals surface area (Å²) >= 11 is 0. The van der Waals surface area contributed by atoms with Crippen LogP contribution in [0.4, 0.5) is 10.5 Å². The van der Waals surface area contributed by atoms with E-state index in [1.165, 1.54) is 12.1 Å². The fourth-order valence-electron chi connectivity index (χ4n) is 3.88. The molecular weight excluding hydrogens is 406 g/mol. The molecule has 0 spiro atoms. The molecule has 0 aromatic heterocycles. The number of ether oxygens (including phenoxy) is 1. The topological polar surface area (TPSA) is 105 Å². The highest BCUT2D eigenvalue weighted by Crippen LogP contribution is 2.44. The van der Waals surface area contributed by atoms with Crippen molar-refractivity contribution in [2.75, 3.05) is 13.2 Å². The first-order valence-corrected chi connectivity index (χ1v) is 10.0. The van der Waals surface area contributed by atoms with Crippen LogP contribution >= 0.6 is 0 Å². The van der Waals surface area contributed by atoms with Crippen molar-refractivity contribution in [3.63, 3.8) is 0 Å². The second-order valence-corrected chi connectivity index (χ2v) is 7.25. The van der Waals surface area contributed by atoms with Gasteiger partial charge in [-0.3, -0.25) is 10.1 Å². The molecule has 0 saturated carbocycles. The van der Waals surface area contributed by atoms with Crippen LogP contribution in [0.5, 0.6) is 0 Å². The highest BCUT2D eigenvalue weighted by molar-refractivity contribution is 5.79. The van der Waals surface area contributed by atoms with E-state index < -0.39 is 11.0 Å². The number of carbonyl (C=O) groups excluding carboxylic acids is 1. The number of fused-ring (bicyclic) bond motifs is 3. The van der Waals surface area contributed by atoms with Gasteiger partial charge in [0.25, 0.3) is 5.69 Å². The van der Waals surface area contributed by atoms with Crippen LogP contribution < -0.4 is 5.32 Å². The normalized spacial score (nSPS) is 12.1. The third kappa shape index (κ3) is 4.20. The lowest BCUT2D eigenvalue weighted by Crippen LogP contribution is -2.26. The molecule has 1 amide bonds. The smallest absolute Gasteiger partial charge is 0.407 e. The van der Waals surface area contributed by atoms with Crippen LogP contribution in [0.2, 0.25) is 0 Å². The van der Waals surface area contributed by atoms with Crippen LogP contribution in [-0.2, 0) is 4.74 Å². The zero-order valence-electron chi connectivity index (χ0n) is 17.0. The van der Waals surface area contributed by atoms with Crippen LogP contribution in [0.1, 0.15) is 28.2 Å². The molecule has 0 aliphatic heterocycles. The number of nitrogens with one attached hydrogen (secondary N) is 1. The molecule has 0 unspecified atom stereocenters. The fraction of sp³-hybridized carbons (Fsp3) is 0.120. The second-order valence-electron chi connectivity index (χ2n) is 7.25. The Balaban J connectivity index is 1.33. The van der Waals surface area contributed by atoms with Gasteiger partial charge in [0.2, 0.25) is 0 Å². The zero-order valence-corrected chi connectivity index (χ0v) is 17.0. The summed E-state index contributed by atoms with van der Waals surface area (Å²) in [6.45, 7) is 0.426. The number of nitro groups is 1. The first-order valence-electron chi connectivity index (χ1n) is 10.0. The number of nitriles is 1. The third-order valence-electron chi connectivity index (χ3n) is 5.36. The number of hydrogen-bond acceptors (Lipinski definition) is 5. The number of hydrogen-bond donors (Lipinski definition) is 1. The van der Waals surface area contributed by atoms with Gasteiger partial charge in [-0.2, -0.15) is 5.26 Å². The first kappa shape index (κ1) is 20.8. The van der Waals surface area contributed by atoms with Gasteiger partial charge in [0.15, 0.2) is 0 Å². The molecule has 1 aliphatic rings. The van der Waals surface area contributed by atoms with E-state index in [0.717, 1.165) is 22.3 Å². The molecule has 7 heteroatoms. The molecule has 3 aromatic rings. The van der Waals surface area contributed by atoms with E-state index in [0.29, 0.717) is 5.56 Å². The Morgan fingerprint density at radius 2 is 1.75 bits per heavy atom. The zero-order chi connectivity index (χ0) is 22.5. The van der Waals surface area contributed by atoms with Gasteiger partial charge in [-0.15, -0.1) is 0 Å². The van der Waals surface area contributed by atoms with Crippen molar-refractivity contribution in [2.45, 2.75) is 5.92 Å². The Morgan fingerprint density at radius 1 is 1.09 bits per heavy atom. The van der Waals surface area contributed by atoms with Gasteiger partial charge in [-0.1, -0.05) is 66.7 Å². The average Bonchev–Trinajstić information content (AvgIpc) is 3.14. The summed E-state index contributed by atoms with van der Waals surface area (Å²) < 4.78 is 5.46. The van der Waals surface area contributed by atoms with Crippen molar-refractivity contribution in [3.8, 4) is 17.2 Å². The Morgan fingerprint density at radius 3 is 2.38 bits per heavy atom. The van der Waals surface area contributed by atoms with Gasteiger partial charge in [0, 0.05) is 18.5 Å². The summed E-state index contributed by atoms with van der Waals surface area (Å²) in [6.07, 6.45) is 2.76. The minimum absolute atomic E-state index is 0.00362. The van der Waals surface area contributed by atoms with Gasteiger partial charge in [0.1, 0.15) is 18.2 Å². The first-order chi connectivity index (χ1) is 15.6. The molecule has 158 valence electrons. The number of nitro benzene ring substituents is 1. The predicted molar refractivity (Wildman–Crippen MR) is 120 cm³/mol. The van der Waals surface area contributed by atoms with E-state index in [9.17, 15) is 14.9 Å². The average molecular weight is 425 g/mol. The summed E-state index contributed by atoms with van der Waals surface area (Å²) in [7, 11) is 0. The fourth-order valence-corrected chi connectivity index (χ4v) is 3.88. The van der Waals surface area contributed by atoms with Gasteiger partial charge >= 0.3 is 6.09 Å². The maximum atomic E-state index is 12.2. The van der Waals surface area contributed by atoms with Gasteiger partial charge in [0.05, 0.1) is 4.92 Å². The van der Waals surface area contributed by atoms with Crippen LogP contribution in [0.15, 0.2) is 72.8 Å². The predicted octanol–water partition coefficient (Wildman–Crippen LogP) is 5.02. The van der Waals surface area contributed by atoms with Gasteiger partial charge in [-0.05, 0) is 33.9 Å². The third-order valence-corrected chi connectivity index (χ3v) is 5.36. The lowest BCUT2D eigenvalue weighted by Gasteiger charge is -2.14. The van der Waals surface area contributed by atoms with Crippen LogP contribution in [-0.4, -0.2) is 24.2 Å². The number of nitrogens with zero attached hydrogens (tertiary/aromatic N) is 2. The Kier molecular flexibility index (Phi) is 5.95. The Hall–Kier alpha value is -4.44. The monoisotopic (exact) mass is 425 g/mol. The number of alkyl carbamates (subject to hydrolysis) is 1. The molecule has 4 rings (SSSR count).